The van der Waals surface area contributed by atoms with Gasteiger partial charge in [-0.3, -0.25) is 0 Å². The molecule has 3 rings (SSSR count). The van der Waals surface area contributed by atoms with Crippen molar-refractivity contribution in [3.8, 4) is 0 Å². The van der Waals surface area contributed by atoms with Crippen LogP contribution < -0.4 is 0 Å². The van der Waals surface area contributed by atoms with Gasteiger partial charge in [0.25, 0.3) is 0 Å². The van der Waals surface area contributed by atoms with Gasteiger partial charge in [-0.15, -0.1) is 0 Å². The Balaban J connectivity index is 1.82. The summed E-state index contributed by atoms with van der Waals surface area (Å²) in [5.74, 6) is -0.706. The highest BCUT2D eigenvalue weighted by Crippen LogP contribution is 2.46. The number of ether oxygens (including phenoxy) is 4. The van der Waals surface area contributed by atoms with E-state index in [1.807, 2.05) is 51.1 Å². The Morgan fingerprint density at radius 1 is 1.17 bits per heavy atom. The molecule has 0 aliphatic carbocycles. The highest BCUT2D eigenvalue weighted by molar-refractivity contribution is 5.14. The minimum Gasteiger partial charge on any atom is -0.390 e. The first-order chi connectivity index (χ1) is 10.9. The molecule has 2 aliphatic heterocycles. The number of aliphatic hydroxyl groups is 1. The van der Waals surface area contributed by atoms with Crippen LogP contribution in [0.15, 0.2) is 30.3 Å². The van der Waals surface area contributed by atoms with E-state index in [9.17, 15) is 5.11 Å². The number of hydrogen-bond donors (Lipinski definition) is 1. The fourth-order valence-electron chi connectivity index (χ4n) is 3.53. The van der Waals surface area contributed by atoms with Crippen molar-refractivity contribution in [1.82, 2.24) is 0 Å². The van der Waals surface area contributed by atoms with Crippen LogP contribution in [0.4, 0.5) is 0 Å². The Hall–Kier alpha value is -0.980. The molecule has 0 radical (unpaired) electrons. The van der Waals surface area contributed by atoms with Crippen molar-refractivity contribution in [3.05, 3.63) is 35.9 Å². The van der Waals surface area contributed by atoms with Crippen molar-refractivity contribution in [1.29, 1.82) is 0 Å². The molecule has 2 fully saturated rings. The van der Waals surface area contributed by atoms with Crippen LogP contribution in [0.1, 0.15) is 39.7 Å². The first kappa shape index (κ1) is 16.9. The van der Waals surface area contributed by atoms with Gasteiger partial charge in [0.1, 0.15) is 17.8 Å². The second-order valence-corrected chi connectivity index (χ2v) is 6.79. The lowest BCUT2D eigenvalue weighted by Gasteiger charge is -2.38. The fourth-order valence-corrected chi connectivity index (χ4v) is 3.53. The van der Waals surface area contributed by atoms with Gasteiger partial charge in [0, 0.05) is 0 Å². The second kappa shape index (κ2) is 6.15. The maximum Gasteiger partial charge on any atom is 0.190 e. The lowest BCUT2D eigenvalue weighted by Crippen LogP contribution is -2.53. The molecule has 2 aliphatic rings. The molecule has 1 N–H and O–H groups in total. The average Bonchev–Trinajstić information content (AvgIpc) is 2.95. The lowest BCUT2D eigenvalue weighted by atomic mass is 9.87. The van der Waals surface area contributed by atoms with Crippen LogP contribution in [-0.2, 0) is 25.6 Å². The number of aliphatic hydroxyl groups excluding tert-OH is 1. The smallest absolute Gasteiger partial charge is 0.190 e. The molecule has 0 aromatic heterocycles. The summed E-state index contributed by atoms with van der Waals surface area (Å²) in [5.41, 5.74) is 0.255. The van der Waals surface area contributed by atoms with Crippen molar-refractivity contribution < 1.29 is 24.1 Å². The Kier molecular flexibility index (Phi) is 4.51. The molecule has 5 heteroatoms. The molecule has 2 saturated heterocycles. The Labute approximate surface area is 137 Å². The van der Waals surface area contributed by atoms with Crippen molar-refractivity contribution in [2.75, 3.05) is 0 Å². The summed E-state index contributed by atoms with van der Waals surface area (Å²) < 4.78 is 24.1. The molecule has 0 saturated carbocycles. The van der Waals surface area contributed by atoms with E-state index < -0.39 is 23.8 Å². The van der Waals surface area contributed by atoms with Gasteiger partial charge in [-0.25, -0.2) is 0 Å². The zero-order valence-electron chi connectivity index (χ0n) is 14.2. The fraction of sp³-hybridized carbons (Fsp3) is 0.667. The maximum absolute atomic E-state index is 10.3. The van der Waals surface area contributed by atoms with Crippen molar-refractivity contribution in [2.24, 2.45) is 0 Å². The van der Waals surface area contributed by atoms with Gasteiger partial charge in [-0.1, -0.05) is 37.3 Å². The van der Waals surface area contributed by atoms with Gasteiger partial charge in [-0.05, 0) is 32.8 Å². The van der Waals surface area contributed by atoms with Gasteiger partial charge < -0.3 is 24.1 Å². The van der Waals surface area contributed by atoms with Crippen LogP contribution in [0.2, 0.25) is 0 Å². The van der Waals surface area contributed by atoms with Crippen LogP contribution in [0.3, 0.4) is 0 Å². The molecule has 5 atom stereocenters. The molecule has 1 aromatic carbocycles. The quantitative estimate of drug-likeness (QED) is 0.903. The molecular weight excluding hydrogens is 296 g/mol. The van der Waals surface area contributed by atoms with Crippen LogP contribution >= 0.6 is 0 Å². The maximum atomic E-state index is 10.3. The SMILES string of the molecule is CC[C@@]1([C@H](C)O)O[C@H]2OC(C)(C)OC2[C@H]1OCc1ccccc1. The van der Waals surface area contributed by atoms with Gasteiger partial charge >= 0.3 is 0 Å². The zero-order valence-corrected chi connectivity index (χ0v) is 14.2. The molecular formula is C18H26O5. The summed E-state index contributed by atoms with van der Waals surface area (Å²) in [4.78, 5) is 0. The summed E-state index contributed by atoms with van der Waals surface area (Å²) in [6, 6.07) is 9.96. The van der Waals surface area contributed by atoms with Crippen LogP contribution in [-0.4, -0.2) is 41.1 Å². The van der Waals surface area contributed by atoms with Crippen LogP contribution in [0.25, 0.3) is 0 Å². The number of rotatable bonds is 5. The van der Waals surface area contributed by atoms with E-state index in [4.69, 9.17) is 18.9 Å². The third kappa shape index (κ3) is 3.04. The molecule has 0 spiro atoms. The minimum atomic E-state index is -0.819. The monoisotopic (exact) mass is 322 g/mol. The average molecular weight is 322 g/mol. The van der Waals surface area contributed by atoms with Gasteiger partial charge in [0.2, 0.25) is 0 Å². The topological polar surface area (TPSA) is 57.2 Å². The second-order valence-electron chi connectivity index (χ2n) is 6.79. The van der Waals surface area contributed by atoms with E-state index in [0.29, 0.717) is 13.0 Å². The Morgan fingerprint density at radius 3 is 2.48 bits per heavy atom. The summed E-state index contributed by atoms with van der Waals surface area (Å²) in [6.45, 7) is 7.88. The van der Waals surface area contributed by atoms with Gasteiger partial charge in [0.15, 0.2) is 12.1 Å². The zero-order chi connectivity index (χ0) is 16.7. The minimum absolute atomic E-state index is 0.344. The third-order valence-electron chi connectivity index (χ3n) is 4.74. The summed E-state index contributed by atoms with van der Waals surface area (Å²) >= 11 is 0. The highest BCUT2D eigenvalue weighted by Gasteiger charge is 2.63. The highest BCUT2D eigenvalue weighted by atomic mass is 16.8. The number of hydrogen-bond acceptors (Lipinski definition) is 5. The molecule has 128 valence electrons. The summed E-state index contributed by atoms with van der Waals surface area (Å²) in [6.07, 6.45) is -1.32. The molecule has 5 nitrogen and oxygen atoms in total. The van der Waals surface area contributed by atoms with E-state index in [-0.39, 0.29) is 12.2 Å². The molecule has 0 bridgehead atoms. The van der Waals surface area contributed by atoms with E-state index in [2.05, 4.69) is 0 Å². The van der Waals surface area contributed by atoms with Gasteiger partial charge in [-0.2, -0.15) is 0 Å². The van der Waals surface area contributed by atoms with Crippen molar-refractivity contribution in [3.63, 3.8) is 0 Å². The predicted octanol–water partition coefficient (Wildman–Crippen LogP) is 2.61. The molecule has 0 amide bonds. The first-order valence-electron chi connectivity index (χ1n) is 8.25. The van der Waals surface area contributed by atoms with Gasteiger partial charge in [0.05, 0.1) is 12.7 Å². The molecule has 2 heterocycles. The van der Waals surface area contributed by atoms with Crippen LogP contribution in [0.5, 0.6) is 0 Å². The third-order valence-corrected chi connectivity index (χ3v) is 4.74. The number of fused-ring (bicyclic) bond motifs is 1. The summed E-state index contributed by atoms with van der Waals surface area (Å²) in [7, 11) is 0. The van der Waals surface area contributed by atoms with E-state index in [0.717, 1.165) is 5.56 Å². The first-order valence-corrected chi connectivity index (χ1v) is 8.25. The van der Waals surface area contributed by atoms with E-state index in [1.54, 1.807) is 6.92 Å². The summed E-state index contributed by atoms with van der Waals surface area (Å²) in [5, 5.41) is 10.3. The van der Waals surface area contributed by atoms with Crippen LogP contribution in [0, 0.1) is 0 Å². The van der Waals surface area contributed by atoms with Crippen molar-refractivity contribution >= 4 is 0 Å². The molecule has 23 heavy (non-hydrogen) atoms. The van der Waals surface area contributed by atoms with E-state index in [1.165, 1.54) is 0 Å². The van der Waals surface area contributed by atoms with Crippen molar-refractivity contribution in [2.45, 2.75) is 76.7 Å². The predicted molar refractivity (Wildman–Crippen MR) is 84.6 cm³/mol. The van der Waals surface area contributed by atoms with E-state index >= 15 is 0 Å². The normalized spacial score (nSPS) is 36.8. The Morgan fingerprint density at radius 2 is 1.87 bits per heavy atom. The molecule has 1 aromatic rings. The lowest BCUT2D eigenvalue weighted by molar-refractivity contribution is -0.263. The molecule has 1 unspecified atom stereocenters. The standard InChI is InChI=1S/C18H26O5/c1-5-18(12(2)19)15(20-11-13-9-7-6-8-10-13)14-16(23-18)22-17(3,4)21-14/h6-10,12,14-16,19H,5,11H2,1-4H3/t12-,14?,15+,16+,18-/m0/s1. The Bertz CT molecular complexity index is 529. The largest absolute Gasteiger partial charge is 0.390 e. The number of benzene rings is 1.